The Morgan fingerprint density at radius 2 is 1.58 bits per heavy atom. The van der Waals surface area contributed by atoms with Gasteiger partial charge in [0.25, 0.3) is 5.91 Å². The maximum absolute atomic E-state index is 13.7. The summed E-state index contributed by atoms with van der Waals surface area (Å²) in [5, 5.41) is 13.1. The smallest absolute Gasteiger partial charge is 0.280 e. The van der Waals surface area contributed by atoms with E-state index in [9.17, 15) is 9.59 Å². The molecule has 3 aromatic rings. The predicted octanol–water partition coefficient (Wildman–Crippen LogP) is 3.55. The Hall–Kier alpha value is -4.22. The van der Waals surface area contributed by atoms with E-state index in [4.69, 9.17) is 28.5 Å². The first-order valence-corrected chi connectivity index (χ1v) is 15.0. The third-order valence-corrected chi connectivity index (χ3v) is 8.53. The van der Waals surface area contributed by atoms with Crippen molar-refractivity contribution in [3.8, 4) is 0 Å². The molecule has 3 heterocycles. The monoisotopic (exact) mass is 603 g/mol. The van der Waals surface area contributed by atoms with Gasteiger partial charge in [0.05, 0.1) is 0 Å². The van der Waals surface area contributed by atoms with Crippen molar-refractivity contribution in [2.24, 2.45) is 0 Å². The number of halogens is 1. The first-order chi connectivity index (χ1) is 20.8. The normalized spacial score (nSPS) is 19.5. The summed E-state index contributed by atoms with van der Waals surface area (Å²) in [6.45, 7) is 1.86. The van der Waals surface area contributed by atoms with Crippen molar-refractivity contribution in [1.82, 2.24) is 30.4 Å². The highest BCUT2D eigenvalue weighted by Crippen LogP contribution is 2.39. The number of anilines is 2. The van der Waals surface area contributed by atoms with Crippen LogP contribution in [0.1, 0.15) is 60.1 Å². The lowest BCUT2D eigenvalue weighted by molar-refractivity contribution is -0.136. The van der Waals surface area contributed by atoms with Gasteiger partial charge in [0.1, 0.15) is 0 Å². The molecule has 12 heteroatoms. The number of hydrogen-bond acceptors (Lipinski definition) is 8. The van der Waals surface area contributed by atoms with Gasteiger partial charge < -0.3 is 21.7 Å². The summed E-state index contributed by atoms with van der Waals surface area (Å²) in [5.41, 5.74) is 13.5. The summed E-state index contributed by atoms with van der Waals surface area (Å²) in [5.74, 6) is -1.14. The van der Waals surface area contributed by atoms with Crippen molar-refractivity contribution in [2.75, 3.05) is 18.0 Å². The molecule has 2 amide bonds. The summed E-state index contributed by atoms with van der Waals surface area (Å²) in [7, 11) is 0. The maximum atomic E-state index is 13.7. The van der Waals surface area contributed by atoms with Crippen molar-refractivity contribution in [2.45, 2.75) is 69.7 Å². The second-order valence-corrected chi connectivity index (χ2v) is 11.5. The first-order valence-electron chi connectivity index (χ1n) is 14.6. The largest absolute Gasteiger partial charge is 0.382 e. The lowest BCUT2D eigenvalue weighted by Crippen LogP contribution is -2.51. The number of amides is 2. The van der Waals surface area contributed by atoms with E-state index in [0.717, 1.165) is 24.9 Å². The Kier molecular flexibility index (Phi) is 9.73. The van der Waals surface area contributed by atoms with Gasteiger partial charge in [-0.3, -0.25) is 25.2 Å². The third kappa shape index (κ3) is 7.60. The number of guanidine groups is 1. The Morgan fingerprint density at radius 1 is 0.953 bits per heavy atom. The van der Waals surface area contributed by atoms with Crippen LogP contribution in [-0.4, -0.2) is 62.2 Å². The molecule has 2 aromatic carbocycles. The average Bonchev–Trinajstić information content (AvgIpc) is 3.22. The number of carbonyl (C=O) groups is 2. The van der Waals surface area contributed by atoms with Crippen LogP contribution in [0.3, 0.4) is 0 Å². The maximum Gasteiger partial charge on any atom is 0.280 e. The molecule has 7 N–H and O–H groups in total. The van der Waals surface area contributed by atoms with Crippen LogP contribution in [-0.2, 0) is 17.9 Å². The van der Waals surface area contributed by atoms with E-state index in [-0.39, 0.29) is 40.4 Å². The van der Waals surface area contributed by atoms with Gasteiger partial charge in [0, 0.05) is 44.2 Å². The number of carbonyl (C=O) groups excluding carboxylic acids is 2. The Labute approximate surface area is 256 Å². The third-order valence-electron chi connectivity index (χ3n) is 8.25. The van der Waals surface area contributed by atoms with Crippen molar-refractivity contribution in [3.63, 3.8) is 0 Å². The molecular weight excluding hydrogens is 566 g/mol. The van der Waals surface area contributed by atoms with Crippen molar-refractivity contribution in [3.05, 3.63) is 82.6 Å². The number of hydrogen-bond donors (Lipinski definition) is 5. The number of nitrogen functional groups attached to an aromatic ring is 2. The van der Waals surface area contributed by atoms with E-state index in [1.54, 1.807) is 0 Å². The highest BCUT2D eigenvalue weighted by molar-refractivity contribution is 6.31. The van der Waals surface area contributed by atoms with E-state index in [1.807, 2.05) is 18.2 Å². The number of fused-ring (bicyclic) bond motifs is 2. The minimum atomic E-state index is -0.734. The van der Waals surface area contributed by atoms with Gasteiger partial charge in [-0.15, -0.1) is 0 Å². The van der Waals surface area contributed by atoms with E-state index in [0.29, 0.717) is 38.0 Å². The molecule has 3 atom stereocenters. The zero-order valence-electron chi connectivity index (χ0n) is 24.0. The zero-order chi connectivity index (χ0) is 30.3. The molecule has 2 bridgehead atoms. The van der Waals surface area contributed by atoms with Crippen LogP contribution in [0.15, 0.2) is 60.7 Å². The summed E-state index contributed by atoms with van der Waals surface area (Å²) in [6, 6.07) is 21.9. The van der Waals surface area contributed by atoms with Crippen LogP contribution in [0, 0.1) is 5.41 Å². The fourth-order valence-electron chi connectivity index (χ4n) is 6.18. The first kappa shape index (κ1) is 30.2. The van der Waals surface area contributed by atoms with E-state index in [2.05, 4.69) is 72.9 Å². The molecule has 2 unspecified atom stereocenters. The van der Waals surface area contributed by atoms with Gasteiger partial charge in [-0.1, -0.05) is 72.3 Å². The van der Waals surface area contributed by atoms with E-state index >= 15 is 0 Å². The Morgan fingerprint density at radius 3 is 2.23 bits per heavy atom. The molecule has 0 aliphatic carbocycles. The zero-order valence-corrected chi connectivity index (χ0v) is 24.8. The lowest BCUT2D eigenvalue weighted by Gasteiger charge is -2.43. The summed E-state index contributed by atoms with van der Waals surface area (Å²) in [6.07, 6.45) is 5.10. The fraction of sp³-hybridized carbons (Fsp3) is 0.387. The topological polar surface area (TPSA) is 166 Å². The second-order valence-electron chi connectivity index (χ2n) is 11.2. The van der Waals surface area contributed by atoms with E-state index < -0.39 is 5.91 Å². The summed E-state index contributed by atoms with van der Waals surface area (Å²) < 4.78 is 0. The van der Waals surface area contributed by atoms with Crippen LogP contribution < -0.4 is 22.1 Å². The molecule has 0 spiro atoms. The quantitative estimate of drug-likeness (QED) is 0.133. The van der Waals surface area contributed by atoms with Crippen LogP contribution >= 0.6 is 11.6 Å². The predicted molar refractivity (Wildman–Crippen MR) is 167 cm³/mol. The lowest BCUT2D eigenvalue weighted by atomic mass is 9.94. The SMILES string of the molecule is N=C(NCCCC(=O)N(Cc1ccccc1)C1CC2CC[C@H](C1)N2Cc1ccccc1)NC(=O)c1nc(Cl)c(N)nc1N. The van der Waals surface area contributed by atoms with Gasteiger partial charge in [-0.2, -0.15) is 0 Å². The van der Waals surface area contributed by atoms with Gasteiger partial charge in [-0.05, 0) is 43.2 Å². The molecule has 43 heavy (non-hydrogen) atoms. The minimum Gasteiger partial charge on any atom is -0.382 e. The highest BCUT2D eigenvalue weighted by Gasteiger charge is 2.43. The van der Waals surface area contributed by atoms with Crippen LogP contribution in [0.25, 0.3) is 0 Å². The molecule has 2 aliphatic heterocycles. The Bertz CT molecular complexity index is 1430. The molecule has 0 radical (unpaired) electrons. The van der Waals surface area contributed by atoms with Crippen molar-refractivity contribution < 1.29 is 9.59 Å². The number of nitrogens with two attached hydrogens (primary N) is 2. The molecule has 2 saturated heterocycles. The van der Waals surface area contributed by atoms with Crippen LogP contribution in [0.2, 0.25) is 5.15 Å². The van der Waals surface area contributed by atoms with Gasteiger partial charge >= 0.3 is 0 Å². The van der Waals surface area contributed by atoms with Gasteiger partial charge in [-0.25, -0.2) is 9.97 Å². The second kappa shape index (κ2) is 13.8. The number of aromatic nitrogens is 2. The van der Waals surface area contributed by atoms with Crippen LogP contribution in [0.4, 0.5) is 11.6 Å². The molecule has 1 aromatic heterocycles. The standard InChI is InChI=1S/C31H38ClN9O2/c32-27-29(34)38-28(33)26(37-27)30(43)39-31(35)36-15-7-12-25(42)41(19-21-10-5-2-6-11-21)24-16-22-13-14-23(17-24)40(22)18-20-8-3-1-4-9-20/h1-6,8-11,22-24H,7,12-19H2,(H4,33,34,38)(H3,35,36,39,43)/t22-,23?,24?/m1/s1. The molecule has 0 saturated carbocycles. The number of piperidine rings is 1. The number of rotatable bonds is 10. The Balaban J connectivity index is 1.15. The molecule has 2 aliphatic rings. The number of benzene rings is 2. The molecule has 226 valence electrons. The fourth-order valence-corrected chi connectivity index (χ4v) is 6.30. The molecule has 11 nitrogen and oxygen atoms in total. The number of nitrogens with zero attached hydrogens (tertiary/aromatic N) is 4. The van der Waals surface area contributed by atoms with Crippen molar-refractivity contribution in [1.29, 1.82) is 5.41 Å². The number of nitrogens with one attached hydrogen (secondary N) is 3. The van der Waals surface area contributed by atoms with Crippen molar-refractivity contribution >= 4 is 41.0 Å². The summed E-state index contributed by atoms with van der Waals surface area (Å²) >= 11 is 5.85. The van der Waals surface area contributed by atoms with E-state index in [1.165, 1.54) is 18.4 Å². The summed E-state index contributed by atoms with van der Waals surface area (Å²) in [4.78, 5) is 38.5. The molecule has 2 fully saturated rings. The minimum absolute atomic E-state index is 0.0831. The highest BCUT2D eigenvalue weighted by atomic mass is 35.5. The van der Waals surface area contributed by atoms with Gasteiger partial charge in [0.15, 0.2) is 28.4 Å². The average molecular weight is 604 g/mol. The van der Waals surface area contributed by atoms with Crippen LogP contribution in [0.5, 0.6) is 0 Å². The van der Waals surface area contributed by atoms with Gasteiger partial charge in [0.2, 0.25) is 5.91 Å². The molecular formula is C31H38ClN9O2. The molecule has 5 rings (SSSR count).